The number of hydrogen-bond donors (Lipinski definition) is 1. The van der Waals surface area contributed by atoms with E-state index in [1.54, 1.807) is 0 Å². The molecule has 158 valence electrons. The third kappa shape index (κ3) is 2.31. The van der Waals surface area contributed by atoms with Gasteiger partial charge in [-0.1, -0.05) is 0 Å². The van der Waals surface area contributed by atoms with E-state index in [4.69, 9.17) is 0 Å². The Morgan fingerprint density at radius 1 is 0.741 bits per heavy atom. The molecule has 0 aromatic heterocycles. The van der Waals surface area contributed by atoms with E-state index in [1.807, 2.05) is 0 Å². The van der Waals surface area contributed by atoms with Gasteiger partial charge in [-0.05, 0) is 24.7 Å². The quantitative estimate of drug-likeness (QED) is 0.631. The number of alkyl halides is 12. The number of halogens is 12. The third-order valence-corrected chi connectivity index (χ3v) is 5.97. The summed E-state index contributed by atoms with van der Waals surface area (Å²) in [4.78, 5) is 0. The molecule has 0 spiro atoms. The summed E-state index contributed by atoms with van der Waals surface area (Å²) in [5.41, 5.74) is -10.3. The molecule has 1 heterocycles. The van der Waals surface area contributed by atoms with Crippen LogP contribution in [0, 0.1) is 23.7 Å². The van der Waals surface area contributed by atoms with Gasteiger partial charge in [-0.2, -0.15) is 52.7 Å². The second-order valence-corrected chi connectivity index (χ2v) is 7.10. The molecule has 2 saturated carbocycles. The molecule has 1 aliphatic heterocycles. The molecule has 27 heavy (non-hydrogen) atoms. The van der Waals surface area contributed by atoms with Crippen LogP contribution in [0.3, 0.4) is 0 Å². The van der Waals surface area contributed by atoms with Gasteiger partial charge in [0, 0.05) is 11.8 Å². The van der Waals surface area contributed by atoms with Gasteiger partial charge in [0.2, 0.25) is 0 Å². The molecule has 2 aliphatic carbocycles. The molecule has 0 aromatic rings. The smallest absolute Gasteiger partial charge is 0.373 e. The standard InChI is InChI=1S/C13H10F12O2/c14-10(15,16)8(26,11(17,18)19)6-3-1-4-5(2-3)9(12(20,21)22,13(23,24)25)27-7(4)6/h3-7,26H,1-2H2/t3?,4-,5?,6?,7?/m1/s1. The molecule has 14 heteroatoms. The second kappa shape index (κ2) is 5.16. The Hall–Kier alpha value is -0.920. The van der Waals surface area contributed by atoms with Gasteiger partial charge in [-0.25, -0.2) is 0 Å². The highest BCUT2D eigenvalue weighted by atomic mass is 19.4. The monoisotopic (exact) mass is 426 g/mol. The average Bonchev–Trinajstić information content (AvgIpc) is 2.99. The predicted octanol–water partition coefficient (Wildman–Crippen LogP) is 4.38. The van der Waals surface area contributed by atoms with Crippen molar-refractivity contribution in [2.75, 3.05) is 0 Å². The first-order valence-corrected chi connectivity index (χ1v) is 7.47. The SMILES string of the molecule is OC(C1C2CC3[C@@H](C2)C1OC3(C(F)(F)F)C(F)(F)F)(C(F)(F)F)C(F)(F)F. The predicted molar refractivity (Wildman–Crippen MR) is 60.0 cm³/mol. The van der Waals surface area contributed by atoms with Gasteiger partial charge in [0.05, 0.1) is 6.10 Å². The van der Waals surface area contributed by atoms with Crippen molar-refractivity contribution in [1.29, 1.82) is 0 Å². The lowest BCUT2D eigenvalue weighted by Gasteiger charge is -2.42. The van der Waals surface area contributed by atoms with Crippen molar-refractivity contribution >= 4 is 0 Å². The second-order valence-electron chi connectivity index (χ2n) is 7.10. The Labute approximate surface area is 142 Å². The first-order valence-electron chi connectivity index (χ1n) is 7.47. The highest BCUT2D eigenvalue weighted by molar-refractivity contribution is 5.22. The molecule has 1 N–H and O–H groups in total. The first kappa shape index (κ1) is 20.8. The summed E-state index contributed by atoms with van der Waals surface area (Å²) in [6.07, 6.45) is -29.6. The molecule has 2 bridgehead atoms. The van der Waals surface area contributed by atoms with E-state index in [9.17, 15) is 57.8 Å². The Morgan fingerprint density at radius 3 is 1.56 bits per heavy atom. The molecule has 2 nitrogen and oxygen atoms in total. The van der Waals surface area contributed by atoms with E-state index in [0.29, 0.717) is 0 Å². The Bertz CT molecular complexity index is 587. The fourth-order valence-electron chi connectivity index (χ4n) is 5.06. The number of hydrogen-bond acceptors (Lipinski definition) is 2. The molecule has 3 aliphatic rings. The molecule has 3 rings (SSSR count). The van der Waals surface area contributed by atoms with Crippen molar-refractivity contribution in [2.24, 2.45) is 23.7 Å². The molecule has 0 radical (unpaired) electrons. The van der Waals surface area contributed by atoms with Crippen molar-refractivity contribution in [3.63, 3.8) is 0 Å². The minimum Gasteiger partial charge on any atom is -0.373 e. The zero-order valence-corrected chi connectivity index (χ0v) is 12.7. The van der Waals surface area contributed by atoms with Gasteiger partial charge in [-0.15, -0.1) is 0 Å². The maximum absolute atomic E-state index is 13.3. The van der Waals surface area contributed by atoms with Crippen molar-refractivity contribution in [3.8, 4) is 0 Å². The summed E-state index contributed by atoms with van der Waals surface area (Å²) in [7, 11) is 0. The summed E-state index contributed by atoms with van der Waals surface area (Å²) in [6, 6.07) is 0. The Morgan fingerprint density at radius 2 is 1.19 bits per heavy atom. The molecule has 0 aromatic carbocycles. The van der Waals surface area contributed by atoms with E-state index >= 15 is 0 Å². The zero-order valence-electron chi connectivity index (χ0n) is 12.7. The van der Waals surface area contributed by atoms with Crippen LogP contribution in [0.2, 0.25) is 0 Å². The molecule has 4 unspecified atom stereocenters. The van der Waals surface area contributed by atoms with Crippen LogP contribution in [0.1, 0.15) is 12.8 Å². The van der Waals surface area contributed by atoms with Crippen molar-refractivity contribution in [2.45, 2.75) is 54.9 Å². The summed E-state index contributed by atoms with van der Waals surface area (Å²) >= 11 is 0. The minimum atomic E-state index is -6.37. The van der Waals surface area contributed by atoms with Crippen LogP contribution in [0.15, 0.2) is 0 Å². The van der Waals surface area contributed by atoms with Gasteiger partial charge in [0.15, 0.2) is 0 Å². The molecule has 0 amide bonds. The fourth-order valence-corrected chi connectivity index (χ4v) is 5.06. The lowest BCUT2D eigenvalue weighted by atomic mass is 9.69. The van der Waals surface area contributed by atoms with Crippen molar-refractivity contribution in [1.82, 2.24) is 0 Å². The Balaban J connectivity index is 2.13. The van der Waals surface area contributed by atoms with Crippen molar-refractivity contribution in [3.05, 3.63) is 0 Å². The van der Waals surface area contributed by atoms with E-state index in [2.05, 4.69) is 4.74 Å². The van der Waals surface area contributed by atoms with Gasteiger partial charge >= 0.3 is 24.7 Å². The molecular weight excluding hydrogens is 416 g/mol. The largest absolute Gasteiger partial charge is 0.426 e. The van der Waals surface area contributed by atoms with Crippen LogP contribution >= 0.6 is 0 Å². The summed E-state index contributed by atoms with van der Waals surface area (Å²) in [5.74, 6) is -9.08. The van der Waals surface area contributed by atoms with Gasteiger partial charge in [0.1, 0.15) is 0 Å². The van der Waals surface area contributed by atoms with Gasteiger partial charge in [-0.3, -0.25) is 0 Å². The van der Waals surface area contributed by atoms with Crippen LogP contribution in [0.25, 0.3) is 0 Å². The van der Waals surface area contributed by atoms with Crippen LogP contribution < -0.4 is 0 Å². The Kier molecular flexibility index (Phi) is 3.98. The maximum atomic E-state index is 13.3. The third-order valence-electron chi connectivity index (χ3n) is 5.97. The average molecular weight is 426 g/mol. The normalized spacial score (nSPS) is 36.6. The topological polar surface area (TPSA) is 29.5 Å². The van der Waals surface area contributed by atoms with E-state index in [-0.39, 0.29) is 0 Å². The highest BCUT2D eigenvalue weighted by Gasteiger charge is 2.88. The van der Waals surface area contributed by atoms with Gasteiger partial charge in [0.25, 0.3) is 11.2 Å². The molecular formula is C13H10F12O2. The zero-order chi connectivity index (χ0) is 21.0. The van der Waals surface area contributed by atoms with E-state index < -0.39 is 78.5 Å². The van der Waals surface area contributed by atoms with E-state index in [0.717, 1.165) is 0 Å². The van der Waals surface area contributed by atoms with Crippen molar-refractivity contribution < 1.29 is 62.5 Å². The highest BCUT2D eigenvalue weighted by Crippen LogP contribution is 2.72. The summed E-state index contributed by atoms with van der Waals surface area (Å²) < 4.78 is 162. The lowest BCUT2D eigenvalue weighted by Crippen LogP contribution is -2.65. The van der Waals surface area contributed by atoms with Crippen LogP contribution in [0.5, 0.6) is 0 Å². The summed E-state index contributed by atoms with van der Waals surface area (Å²) in [6.45, 7) is 0. The van der Waals surface area contributed by atoms with Crippen LogP contribution in [-0.4, -0.2) is 47.1 Å². The van der Waals surface area contributed by atoms with E-state index in [1.165, 1.54) is 0 Å². The lowest BCUT2D eigenvalue weighted by molar-refractivity contribution is -0.405. The summed E-state index contributed by atoms with van der Waals surface area (Å²) in [5, 5.41) is 9.51. The van der Waals surface area contributed by atoms with Crippen LogP contribution in [0.4, 0.5) is 52.7 Å². The number of aliphatic hydroxyl groups is 1. The first-order chi connectivity index (χ1) is 11.8. The van der Waals surface area contributed by atoms with Crippen LogP contribution in [-0.2, 0) is 4.74 Å². The molecule has 1 saturated heterocycles. The maximum Gasteiger partial charge on any atom is 0.426 e. The molecule has 3 fully saturated rings. The van der Waals surface area contributed by atoms with Gasteiger partial charge < -0.3 is 9.84 Å². The minimum absolute atomic E-state index is 0.762. The number of ether oxygens (including phenoxy) is 1. The number of rotatable bonds is 1. The number of fused-ring (bicyclic) bond motifs is 1. The fraction of sp³-hybridized carbons (Fsp3) is 1.00. The molecule has 5 atom stereocenters.